The molecule has 0 aliphatic rings. The highest BCUT2D eigenvalue weighted by Crippen LogP contribution is 2.32. The van der Waals surface area contributed by atoms with Crippen LogP contribution in [-0.4, -0.2) is 11.1 Å². The predicted octanol–water partition coefficient (Wildman–Crippen LogP) is 4.36. The Balaban J connectivity index is 2.48. The first-order chi connectivity index (χ1) is 9.08. The molecular weight excluding hydrogens is 304 g/mol. The van der Waals surface area contributed by atoms with Gasteiger partial charge in [-0.05, 0) is 35.7 Å². The lowest BCUT2D eigenvalue weighted by Crippen LogP contribution is -2.09. The van der Waals surface area contributed by atoms with Gasteiger partial charge in [0.1, 0.15) is 0 Å². The molecule has 1 N–H and O–H groups in total. The van der Waals surface area contributed by atoms with Crippen LogP contribution in [0, 0.1) is 6.92 Å². The van der Waals surface area contributed by atoms with Crippen molar-refractivity contribution in [3.05, 3.63) is 69.7 Å². The Morgan fingerprint density at radius 2 is 1.89 bits per heavy atom. The zero-order chi connectivity index (χ0) is 13.8. The number of benzene rings is 2. The maximum absolute atomic E-state index is 11.1. The first-order valence-corrected chi connectivity index (χ1v) is 6.90. The summed E-state index contributed by atoms with van der Waals surface area (Å²) < 4.78 is 0.972. The molecule has 2 aromatic carbocycles. The smallest absolute Gasteiger partial charge is 0.304 e. The Morgan fingerprint density at radius 1 is 1.21 bits per heavy atom. The van der Waals surface area contributed by atoms with Gasteiger partial charge in [-0.2, -0.15) is 0 Å². The molecule has 0 amide bonds. The number of hydrogen-bond acceptors (Lipinski definition) is 1. The molecule has 2 aromatic rings. The van der Waals surface area contributed by atoms with Gasteiger partial charge in [0.25, 0.3) is 0 Å². The van der Waals surface area contributed by atoms with Gasteiger partial charge in [-0.3, -0.25) is 4.79 Å². The molecule has 0 fully saturated rings. The highest BCUT2D eigenvalue weighted by atomic mass is 79.9. The van der Waals surface area contributed by atoms with Gasteiger partial charge in [-0.25, -0.2) is 0 Å². The van der Waals surface area contributed by atoms with E-state index in [0.29, 0.717) is 0 Å². The van der Waals surface area contributed by atoms with E-state index in [1.54, 1.807) is 0 Å². The van der Waals surface area contributed by atoms with E-state index in [1.807, 2.05) is 55.5 Å². The van der Waals surface area contributed by atoms with Crippen molar-refractivity contribution in [2.75, 3.05) is 0 Å². The van der Waals surface area contributed by atoms with Gasteiger partial charge in [0.2, 0.25) is 0 Å². The van der Waals surface area contributed by atoms with Crippen molar-refractivity contribution in [3.63, 3.8) is 0 Å². The standard InChI is InChI=1S/C16H15BrO2/c1-11-7-8-13(17)9-14(11)15(10-16(18)19)12-5-3-2-4-6-12/h2-9,15H,10H2,1H3,(H,18,19). The number of aryl methyl sites for hydroxylation is 1. The van der Waals surface area contributed by atoms with E-state index in [-0.39, 0.29) is 12.3 Å². The van der Waals surface area contributed by atoms with Crippen LogP contribution < -0.4 is 0 Å². The minimum Gasteiger partial charge on any atom is -0.481 e. The summed E-state index contributed by atoms with van der Waals surface area (Å²) in [6, 6.07) is 15.8. The second-order valence-electron chi connectivity index (χ2n) is 4.56. The fraction of sp³-hybridized carbons (Fsp3) is 0.188. The lowest BCUT2D eigenvalue weighted by Gasteiger charge is -2.18. The molecule has 0 aliphatic carbocycles. The van der Waals surface area contributed by atoms with Gasteiger partial charge >= 0.3 is 5.97 Å². The van der Waals surface area contributed by atoms with Gasteiger partial charge in [0.15, 0.2) is 0 Å². The van der Waals surface area contributed by atoms with E-state index in [1.165, 1.54) is 0 Å². The molecule has 0 spiro atoms. The summed E-state index contributed by atoms with van der Waals surface area (Å²) in [4.78, 5) is 11.1. The maximum Gasteiger partial charge on any atom is 0.304 e. The van der Waals surface area contributed by atoms with E-state index in [9.17, 15) is 4.79 Å². The van der Waals surface area contributed by atoms with Crippen LogP contribution in [0.2, 0.25) is 0 Å². The highest BCUT2D eigenvalue weighted by Gasteiger charge is 2.19. The predicted molar refractivity (Wildman–Crippen MR) is 79.4 cm³/mol. The Hall–Kier alpha value is -1.61. The number of aliphatic carboxylic acids is 1. The molecule has 1 atom stereocenters. The third kappa shape index (κ3) is 3.44. The lowest BCUT2D eigenvalue weighted by molar-refractivity contribution is -0.137. The van der Waals surface area contributed by atoms with Crippen LogP contribution in [0.4, 0.5) is 0 Å². The number of carboxylic acids is 1. The van der Waals surface area contributed by atoms with Crippen molar-refractivity contribution in [2.24, 2.45) is 0 Å². The minimum atomic E-state index is -0.784. The molecule has 0 aliphatic heterocycles. The zero-order valence-electron chi connectivity index (χ0n) is 10.6. The average molecular weight is 319 g/mol. The number of halogens is 1. The summed E-state index contributed by atoms with van der Waals surface area (Å²) in [5.41, 5.74) is 3.20. The summed E-state index contributed by atoms with van der Waals surface area (Å²) in [5, 5.41) is 9.16. The molecule has 0 saturated carbocycles. The van der Waals surface area contributed by atoms with E-state index in [0.717, 1.165) is 21.2 Å². The molecule has 0 aromatic heterocycles. The molecule has 98 valence electrons. The largest absolute Gasteiger partial charge is 0.481 e. The van der Waals surface area contributed by atoms with Gasteiger partial charge in [0, 0.05) is 10.4 Å². The molecule has 0 saturated heterocycles. The third-order valence-electron chi connectivity index (χ3n) is 3.20. The van der Waals surface area contributed by atoms with Crippen LogP contribution in [0.5, 0.6) is 0 Å². The van der Waals surface area contributed by atoms with Crippen LogP contribution in [0.1, 0.15) is 29.0 Å². The number of hydrogen-bond donors (Lipinski definition) is 1. The quantitative estimate of drug-likeness (QED) is 0.909. The molecule has 0 heterocycles. The monoisotopic (exact) mass is 318 g/mol. The Labute approximate surface area is 121 Å². The SMILES string of the molecule is Cc1ccc(Br)cc1C(CC(=O)O)c1ccccc1. The molecule has 0 radical (unpaired) electrons. The fourth-order valence-corrected chi connectivity index (χ4v) is 2.63. The Bertz CT molecular complexity index is 579. The normalized spacial score (nSPS) is 12.1. The Kier molecular flexibility index (Phi) is 4.38. The number of carbonyl (C=O) groups is 1. The van der Waals surface area contributed by atoms with Crippen molar-refractivity contribution in [2.45, 2.75) is 19.3 Å². The zero-order valence-corrected chi connectivity index (χ0v) is 12.2. The summed E-state index contributed by atoms with van der Waals surface area (Å²) in [6.45, 7) is 2.01. The van der Waals surface area contributed by atoms with Crippen molar-refractivity contribution in [1.29, 1.82) is 0 Å². The maximum atomic E-state index is 11.1. The summed E-state index contributed by atoms with van der Waals surface area (Å²) in [5.74, 6) is -0.899. The molecule has 0 bridgehead atoms. The van der Waals surface area contributed by atoms with Gasteiger partial charge in [-0.1, -0.05) is 52.3 Å². The summed E-state index contributed by atoms with van der Waals surface area (Å²) >= 11 is 3.46. The van der Waals surface area contributed by atoms with Crippen molar-refractivity contribution < 1.29 is 9.90 Å². The third-order valence-corrected chi connectivity index (χ3v) is 3.69. The van der Waals surface area contributed by atoms with Crippen LogP contribution in [0.25, 0.3) is 0 Å². The molecule has 2 rings (SSSR count). The first kappa shape index (κ1) is 13.8. The molecule has 3 heteroatoms. The first-order valence-electron chi connectivity index (χ1n) is 6.10. The molecule has 2 nitrogen and oxygen atoms in total. The van der Waals surface area contributed by atoms with E-state index in [2.05, 4.69) is 15.9 Å². The Morgan fingerprint density at radius 3 is 2.53 bits per heavy atom. The second kappa shape index (κ2) is 6.02. The topological polar surface area (TPSA) is 37.3 Å². The van der Waals surface area contributed by atoms with Gasteiger partial charge < -0.3 is 5.11 Å². The van der Waals surface area contributed by atoms with E-state index in [4.69, 9.17) is 5.11 Å². The van der Waals surface area contributed by atoms with E-state index >= 15 is 0 Å². The van der Waals surface area contributed by atoms with Crippen molar-refractivity contribution in [1.82, 2.24) is 0 Å². The van der Waals surface area contributed by atoms with Crippen molar-refractivity contribution in [3.8, 4) is 0 Å². The summed E-state index contributed by atoms with van der Waals surface area (Å²) in [6.07, 6.45) is 0.0985. The average Bonchev–Trinajstić information content (AvgIpc) is 2.40. The van der Waals surface area contributed by atoms with E-state index < -0.39 is 5.97 Å². The lowest BCUT2D eigenvalue weighted by atomic mass is 9.86. The van der Waals surface area contributed by atoms with Gasteiger partial charge in [-0.15, -0.1) is 0 Å². The van der Waals surface area contributed by atoms with Crippen LogP contribution in [0.15, 0.2) is 53.0 Å². The fourth-order valence-electron chi connectivity index (χ4n) is 2.25. The van der Waals surface area contributed by atoms with Crippen LogP contribution in [0.3, 0.4) is 0 Å². The minimum absolute atomic E-state index is 0.0985. The molecule has 19 heavy (non-hydrogen) atoms. The summed E-state index contributed by atoms with van der Waals surface area (Å²) in [7, 11) is 0. The molecule has 1 unspecified atom stereocenters. The van der Waals surface area contributed by atoms with Gasteiger partial charge in [0.05, 0.1) is 6.42 Å². The van der Waals surface area contributed by atoms with Crippen LogP contribution in [-0.2, 0) is 4.79 Å². The second-order valence-corrected chi connectivity index (χ2v) is 5.48. The molecular formula is C16H15BrO2. The number of rotatable bonds is 4. The van der Waals surface area contributed by atoms with Crippen molar-refractivity contribution >= 4 is 21.9 Å². The highest BCUT2D eigenvalue weighted by molar-refractivity contribution is 9.10. The number of carboxylic acid groups (broad SMARTS) is 1. The van der Waals surface area contributed by atoms with Crippen LogP contribution >= 0.6 is 15.9 Å².